The maximum atomic E-state index is 6.10. The van der Waals surface area contributed by atoms with Gasteiger partial charge in [0.25, 0.3) is 12.0 Å². The van der Waals surface area contributed by atoms with E-state index in [9.17, 15) is 0 Å². The van der Waals surface area contributed by atoms with E-state index >= 15 is 0 Å². The average Bonchev–Trinajstić information content (AvgIpc) is 3.39. The van der Waals surface area contributed by atoms with Gasteiger partial charge in [0.1, 0.15) is 25.3 Å². The van der Waals surface area contributed by atoms with Crippen molar-refractivity contribution in [2.24, 2.45) is 9.98 Å². The molecule has 4 rings (SSSR count). The Labute approximate surface area is 180 Å². The van der Waals surface area contributed by atoms with Crippen LogP contribution in [-0.4, -0.2) is 44.4 Å². The zero-order valence-electron chi connectivity index (χ0n) is 15.9. The van der Waals surface area contributed by atoms with Crippen molar-refractivity contribution in [1.82, 2.24) is 5.32 Å². The summed E-state index contributed by atoms with van der Waals surface area (Å²) < 4.78 is 11.3. The van der Waals surface area contributed by atoms with Gasteiger partial charge in [0, 0.05) is 24.8 Å². The summed E-state index contributed by atoms with van der Waals surface area (Å²) in [6, 6.07) is 17.9. The summed E-state index contributed by atoms with van der Waals surface area (Å²) in [5.41, 5.74) is 2.04. The minimum atomic E-state index is -0.146. The van der Waals surface area contributed by atoms with E-state index in [1.165, 1.54) is 0 Å². The van der Waals surface area contributed by atoms with E-state index in [0.717, 1.165) is 24.3 Å². The highest BCUT2D eigenvalue weighted by molar-refractivity contribution is 6.42. The summed E-state index contributed by atoms with van der Waals surface area (Å²) in [6.45, 7) is 4.65. The second-order valence-electron chi connectivity index (χ2n) is 6.69. The van der Waals surface area contributed by atoms with Crippen molar-refractivity contribution in [1.29, 1.82) is 0 Å². The number of anilines is 1. The van der Waals surface area contributed by atoms with Crippen LogP contribution in [0.2, 0.25) is 10.0 Å². The van der Waals surface area contributed by atoms with Crippen LogP contribution in [0.1, 0.15) is 18.5 Å². The van der Waals surface area contributed by atoms with Gasteiger partial charge in [-0.15, -0.1) is 0 Å². The molecule has 0 fully saturated rings. The number of aliphatic imine (C=N–C) groups is 2. The van der Waals surface area contributed by atoms with Crippen LogP contribution in [0.15, 0.2) is 46.4 Å². The van der Waals surface area contributed by atoms with Crippen LogP contribution < -0.4 is 10.2 Å². The normalized spacial score (nSPS) is 20.2. The van der Waals surface area contributed by atoms with Crippen molar-refractivity contribution in [3.63, 3.8) is 0 Å². The number of hydrogen-bond donors (Lipinski definition) is 1. The Balaban J connectivity index is 1.37. The summed E-state index contributed by atoms with van der Waals surface area (Å²) in [6.07, 6.45) is 0. The zero-order valence-corrected chi connectivity index (χ0v) is 17.4. The molecule has 2 atom stereocenters. The number of benzene rings is 1. The number of nitrogens with one attached hydrogen (secondary N) is 1. The molecule has 1 N–H and O–H groups in total. The fourth-order valence-corrected chi connectivity index (χ4v) is 3.52. The summed E-state index contributed by atoms with van der Waals surface area (Å²) in [5, 5.41) is 4.05. The highest BCUT2D eigenvalue weighted by Crippen LogP contribution is 2.29. The molecule has 8 heteroatoms. The molecule has 0 aromatic heterocycles. The lowest BCUT2D eigenvalue weighted by molar-refractivity contribution is 0.292. The number of rotatable bonds is 5. The standard InChI is InChI=1S/C21H20Cl2N4O2/c1-2-27(16-6-4-3-5-7-16)11-15-12-28-20(24-15)26-21-25-19(13-29-21)14-8-9-17(22)18(23)10-14/h4,6-10,15,19H,2,11-13H2,1H3,(H,24,25,26). The molecule has 6 nitrogen and oxygen atoms in total. The molecule has 0 radical (unpaired) electrons. The Bertz CT molecular complexity index is 920. The van der Waals surface area contributed by atoms with E-state index in [0.29, 0.717) is 35.3 Å². The molecule has 0 bridgehead atoms. The van der Waals surface area contributed by atoms with Gasteiger partial charge in [-0.2, -0.15) is 0 Å². The van der Waals surface area contributed by atoms with Crippen LogP contribution >= 0.6 is 23.2 Å². The lowest BCUT2D eigenvalue weighted by atomic mass is 10.1. The Hall–Kier alpha value is -2.62. The average molecular weight is 431 g/mol. The van der Waals surface area contributed by atoms with Crippen LogP contribution in [-0.2, 0) is 9.47 Å². The molecule has 2 heterocycles. The third kappa shape index (κ3) is 4.69. The number of halogens is 2. The number of ether oxygens (including phenoxy) is 2. The SMILES string of the molecule is CCN(CC1COC(NC2=NC(c3ccc(Cl)c(Cl)c3)CO2)=N1)c1cc#ccc1. The summed E-state index contributed by atoms with van der Waals surface area (Å²) in [7, 11) is 0. The Morgan fingerprint density at radius 3 is 2.69 bits per heavy atom. The first-order valence-electron chi connectivity index (χ1n) is 9.38. The molecule has 2 aliphatic heterocycles. The highest BCUT2D eigenvalue weighted by Gasteiger charge is 2.26. The van der Waals surface area contributed by atoms with E-state index in [1.54, 1.807) is 6.07 Å². The maximum absolute atomic E-state index is 6.10. The van der Waals surface area contributed by atoms with Gasteiger partial charge in [0.05, 0.1) is 10.0 Å². The second-order valence-corrected chi connectivity index (χ2v) is 7.50. The first-order valence-corrected chi connectivity index (χ1v) is 10.1. The van der Waals surface area contributed by atoms with Gasteiger partial charge in [-0.3, -0.25) is 5.32 Å². The summed E-state index contributed by atoms with van der Waals surface area (Å²) >= 11 is 12.1. The highest BCUT2D eigenvalue weighted by atomic mass is 35.5. The van der Waals surface area contributed by atoms with Crippen LogP contribution in [0.4, 0.5) is 5.69 Å². The lowest BCUT2D eigenvalue weighted by Crippen LogP contribution is -2.32. The second kappa shape index (κ2) is 8.81. The molecule has 29 heavy (non-hydrogen) atoms. The number of nitrogens with zero attached hydrogens (tertiary/aromatic N) is 3. The van der Waals surface area contributed by atoms with Gasteiger partial charge in [-0.05, 0) is 36.8 Å². The topological polar surface area (TPSA) is 58.5 Å². The van der Waals surface area contributed by atoms with Crippen molar-refractivity contribution < 1.29 is 9.47 Å². The quantitative estimate of drug-likeness (QED) is 0.781. The van der Waals surface area contributed by atoms with Crippen LogP contribution in [0.3, 0.4) is 0 Å². The predicted molar refractivity (Wildman–Crippen MR) is 115 cm³/mol. The largest absolute Gasteiger partial charge is 0.463 e. The number of hydrogen-bond acceptors (Lipinski definition) is 6. The maximum Gasteiger partial charge on any atom is 0.293 e. The third-order valence-corrected chi connectivity index (χ3v) is 5.46. The fourth-order valence-electron chi connectivity index (χ4n) is 3.21. The Morgan fingerprint density at radius 1 is 1.10 bits per heavy atom. The summed E-state index contributed by atoms with van der Waals surface area (Å²) in [4.78, 5) is 11.4. The van der Waals surface area contributed by atoms with E-state index in [2.05, 4.69) is 39.3 Å². The Kier molecular flexibility index (Phi) is 5.98. The molecule has 2 aliphatic rings. The molecule has 0 amide bonds. The molecule has 0 aliphatic carbocycles. The molecule has 0 saturated carbocycles. The van der Waals surface area contributed by atoms with Gasteiger partial charge in [0.2, 0.25) is 0 Å². The van der Waals surface area contributed by atoms with Crippen LogP contribution in [0, 0.1) is 12.1 Å². The predicted octanol–water partition coefficient (Wildman–Crippen LogP) is 3.89. The van der Waals surface area contributed by atoms with Gasteiger partial charge in [-0.25, -0.2) is 9.98 Å². The van der Waals surface area contributed by atoms with Crippen molar-refractivity contribution in [3.8, 4) is 0 Å². The van der Waals surface area contributed by atoms with E-state index < -0.39 is 0 Å². The molecular formula is C21H20Cl2N4O2. The van der Waals surface area contributed by atoms with Crippen molar-refractivity contribution >= 4 is 40.9 Å². The van der Waals surface area contributed by atoms with Crippen molar-refractivity contribution in [2.75, 3.05) is 31.2 Å². The molecule has 0 saturated heterocycles. The molecule has 2 aromatic carbocycles. The lowest BCUT2D eigenvalue weighted by Gasteiger charge is -2.23. The van der Waals surface area contributed by atoms with Gasteiger partial charge < -0.3 is 14.4 Å². The summed E-state index contributed by atoms with van der Waals surface area (Å²) in [5.74, 6) is 0. The smallest absolute Gasteiger partial charge is 0.293 e. The third-order valence-electron chi connectivity index (χ3n) is 4.72. The minimum absolute atomic E-state index is 0.0227. The Morgan fingerprint density at radius 2 is 1.93 bits per heavy atom. The first-order chi connectivity index (χ1) is 14.1. The monoisotopic (exact) mass is 430 g/mol. The fraction of sp³-hybridized carbons (Fsp3) is 0.333. The van der Waals surface area contributed by atoms with E-state index in [-0.39, 0.29) is 12.1 Å². The molecule has 2 unspecified atom stereocenters. The van der Waals surface area contributed by atoms with E-state index in [1.807, 2.05) is 30.3 Å². The number of amidine groups is 2. The first kappa shape index (κ1) is 19.7. The zero-order chi connectivity index (χ0) is 20.2. The van der Waals surface area contributed by atoms with E-state index in [4.69, 9.17) is 32.7 Å². The van der Waals surface area contributed by atoms with Crippen LogP contribution in [0.25, 0.3) is 0 Å². The van der Waals surface area contributed by atoms with Gasteiger partial charge in [-0.1, -0.05) is 41.4 Å². The molecule has 150 valence electrons. The molecular weight excluding hydrogens is 411 g/mol. The van der Waals surface area contributed by atoms with Gasteiger partial charge >= 0.3 is 0 Å². The van der Waals surface area contributed by atoms with Crippen molar-refractivity contribution in [3.05, 3.63) is 64.1 Å². The molecule has 0 spiro atoms. The van der Waals surface area contributed by atoms with Crippen molar-refractivity contribution in [2.45, 2.75) is 19.0 Å². The number of likely N-dealkylation sites (N-methyl/N-ethyl adjacent to an activating group) is 1. The van der Waals surface area contributed by atoms with Gasteiger partial charge in [0.15, 0.2) is 0 Å². The minimum Gasteiger partial charge on any atom is -0.463 e. The van der Waals surface area contributed by atoms with Crippen LogP contribution in [0.5, 0.6) is 0 Å². The molecule has 2 aromatic rings.